The minimum Gasteiger partial charge on any atom is -0.352 e. The molecule has 0 bridgehead atoms. The van der Waals surface area contributed by atoms with Crippen LogP contribution in [-0.4, -0.2) is 12.5 Å². The molecule has 194 valence electrons. The van der Waals surface area contributed by atoms with Crippen LogP contribution in [0, 0.1) is 0 Å². The highest BCUT2D eigenvalue weighted by Gasteiger charge is 2.29. The maximum atomic E-state index is 12.7. The lowest BCUT2D eigenvalue weighted by molar-refractivity contribution is -0.137. The molecule has 1 amide bonds. The van der Waals surface area contributed by atoms with Crippen LogP contribution < -0.4 is 10.6 Å². The van der Waals surface area contributed by atoms with E-state index in [-0.39, 0.29) is 11.9 Å². The Hall–Kier alpha value is -2.34. The number of halogens is 3. The summed E-state index contributed by atoms with van der Waals surface area (Å²) < 4.78 is 38.1. The fourth-order valence-corrected chi connectivity index (χ4v) is 4.04. The van der Waals surface area contributed by atoms with Gasteiger partial charge in [-0.15, -0.1) is 0 Å². The molecule has 0 spiro atoms. The molecule has 6 heteroatoms. The topological polar surface area (TPSA) is 41.1 Å². The van der Waals surface area contributed by atoms with Gasteiger partial charge in [-0.1, -0.05) is 89.0 Å². The molecule has 0 fully saturated rings. The average Bonchev–Trinajstić information content (AvgIpc) is 2.85. The number of carbonyl (C=O) groups is 1. The molecule has 0 saturated carbocycles. The summed E-state index contributed by atoms with van der Waals surface area (Å²) in [6, 6.07) is 12.7. The fraction of sp³-hybridized carbons (Fsp3) is 0.552. The van der Waals surface area contributed by atoms with Gasteiger partial charge in [-0.05, 0) is 48.7 Å². The minimum absolute atomic E-state index is 0.000971. The standard InChI is InChI=1S/C29H41F3N2O/c1-3-4-5-6-7-8-9-10-11-12-21-33-28(35)26-17-15-25(16-18-26)23(2)34-22-24-13-19-27(20-14-24)29(30,31)32/h13-20,23,34H,3-12,21-22H2,1-2H3,(H,33,35). The second-order valence-electron chi connectivity index (χ2n) is 9.36. The van der Waals surface area contributed by atoms with E-state index in [1.807, 2.05) is 31.2 Å². The molecule has 0 aliphatic heterocycles. The molecule has 0 aliphatic carbocycles. The largest absolute Gasteiger partial charge is 0.416 e. The van der Waals surface area contributed by atoms with Crippen molar-refractivity contribution in [2.45, 2.75) is 96.8 Å². The van der Waals surface area contributed by atoms with Gasteiger partial charge in [0.15, 0.2) is 0 Å². The Morgan fingerprint density at radius 2 is 1.34 bits per heavy atom. The van der Waals surface area contributed by atoms with Crippen LogP contribution in [0.15, 0.2) is 48.5 Å². The molecule has 0 aliphatic rings. The van der Waals surface area contributed by atoms with E-state index in [1.165, 1.54) is 63.5 Å². The third kappa shape index (κ3) is 11.3. The number of rotatable bonds is 16. The summed E-state index contributed by atoms with van der Waals surface area (Å²) >= 11 is 0. The lowest BCUT2D eigenvalue weighted by Gasteiger charge is -2.15. The van der Waals surface area contributed by atoms with Gasteiger partial charge < -0.3 is 10.6 Å². The summed E-state index contributed by atoms with van der Waals surface area (Å²) in [5, 5.41) is 6.32. The molecule has 0 aromatic heterocycles. The van der Waals surface area contributed by atoms with Crippen molar-refractivity contribution in [3.63, 3.8) is 0 Å². The smallest absolute Gasteiger partial charge is 0.352 e. The molecule has 35 heavy (non-hydrogen) atoms. The van der Waals surface area contributed by atoms with Gasteiger partial charge in [-0.25, -0.2) is 0 Å². The van der Waals surface area contributed by atoms with E-state index in [0.717, 1.165) is 36.1 Å². The van der Waals surface area contributed by atoms with E-state index < -0.39 is 11.7 Å². The summed E-state index contributed by atoms with van der Waals surface area (Å²) in [6.07, 6.45) is 8.38. The minimum atomic E-state index is -4.32. The van der Waals surface area contributed by atoms with Crippen molar-refractivity contribution in [1.29, 1.82) is 0 Å². The number of amides is 1. The molecule has 0 heterocycles. The van der Waals surface area contributed by atoms with Gasteiger partial charge in [0.1, 0.15) is 0 Å². The highest BCUT2D eigenvalue weighted by Crippen LogP contribution is 2.29. The fourth-order valence-electron chi connectivity index (χ4n) is 4.04. The van der Waals surface area contributed by atoms with Crippen molar-refractivity contribution in [2.24, 2.45) is 0 Å². The Balaban J connectivity index is 1.63. The van der Waals surface area contributed by atoms with Crippen molar-refractivity contribution < 1.29 is 18.0 Å². The van der Waals surface area contributed by atoms with E-state index in [4.69, 9.17) is 0 Å². The van der Waals surface area contributed by atoms with E-state index in [1.54, 1.807) is 0 Å². The number of alkyl halides is 3. The summed E-state index contributed by atoms with van der Waals surface area (Å²) in [7, 11) is 0. The SMILES string of the molecule is CCCCCCCCCCCCNC(=O)c1ccc(C(C)NCc2ccc(C(F)(F)F)cc2)cc1. The van der Waals surface area contributed by atoms with Gasteiger partial charge in [0.2, 0.25) is 0 Å². The molecule has 2 N–H and O–H groups in total. The van der Waals surface area contributed by atoms with Crippen molar-refractivity contribution in [1.82, 2.24) is 10.6 Å². The van der Waals surface area contributed by atoms with Crippen molar-refractivity contribution in [3.8, 4) is 0 Å². The first-order valence-electron chi connectivity index (χ1n) is 13.1. The van der Waals surface area contributed by atoms with E-state index in [0.29, 0.717) is 18.7 Å². The number of benzene rings is 2. The molecule has 0 saturated heterocycles. The number of nitrogens with one attached hydrogen (secondary N) is 2. The molecular weight excluding hydrogens is 449 g/mol. The third-order valence-electron chi connectivity index (χ3n) is 6.38. The molecule has 1 unspecified atom stereocenters. The average molecular weight is 491 g/mol. The number of hydrogen-bond donors (Lipinski definition) is 2. The molecule has 2 rings (SSSR count). The number of hydrogen-bond acceptors (Lipinski definition) is 2. The summed E-state index contributed by atoms with van der Waals surface area (Å²) in [5.74, 6) is -0.0576. The third-order valence-corrected chi connectivity index (χ3v) is 6.38. The molecular formula is C29H41F3N2O. The Labute approximate surface area is 208 Å². The van der Waals surface area contributed by atoms with Crippen LogP contribution in [-0.2, 0) is 12.7 Å². The Morgan fingerprint density at radius 3 is 1.89 bits per heavy atom. The van der Waals surface area contributed by atoms with Gasteiger partial charge in [0.25, 0.3) is 5.91 Å². The van der Waals surface area contributed by atoms with Gasteiger partial charge in [0, 0.05) is 24.7 Å². The lowest BCUT2D eigenvalue weighted by Crippen LogP contribution is -2.24. The zero-order valence-corrected chi connectivity index (χ0v) is 21.2. The second kappa shape index (κ2) is 15.6. The first kappa shape index (κ1) is 28.9. The van der Waals surface area contributed by atoms with Gasteiger partial charge in [-0.3, -0.25) is 4.79 Å². The van der Waals surface area contributed by atoms with Gasteiger partial charge >= 0.3 is 6.18 Å². The second-order valence-corrected chi connectivity index (χ2v) is 9.36. The highest BCUT2D eigenvalue weighted by atomic mass is 19.4. The van der Waals surface area contributed by atoms with Crippen LogP contribution in [0.5, 0.6) is 0 Å². The maximum absolute atomic E-state index is 12.7. The summed E-state index contributed by atoms with van der Waals surface area (Å²) in [4.78, 5) is 12.4. The zero-order valence-electron chi connectivity index (χ0n) is 21.2. The van der Waals surface area contributed by atoms with Crippen LogP contribution in [0.1, 0.15) is 111 Å². The molecule has 3 nitrogen and oxygen atoms in total. The molecule has 2 aromatic rings. The van der Waals surface area contributed by atoms with Crippen molar-refractivity contribution in [3.05, 3.63) is 70.8 Å². The molecule has 0 radical (unpaired) electrons. The normalized spacial score (nSPS) is 12.5. The first-order chi connectivity index (χ1) is 16.8. The Kier molecular flexibility index (Phi) is 12.9. The predicted octanol–water partition coefficient (Wildman–Crippen LogP) is 8.21. The monoisotopic (exact) mass is 490 g/mol. The van der Waals surface area contributed by atoms with Crippen molar-refractivity contribution in [2.75, 3.05) is 6.54 Å². The van der Waals surface area contributed by atoms with Crippen LogP contribution in [0.2, 0.25) is 0 Å². The quantitative estimate of drug-likeness (QED) is 0.233. The van der Waals surface area contributed by atoms with Crippen LogP contribution >= 0.6 is 0 Å². The van der Waals surface area contributed by atoms with Gasteiger partial charge in [0.05, 0.1) is 5.56 Å². The number of carbonyl (C=O) groups excluding carboxylic acids is 1. The van der Waals surface area contributed by atoms with Crippen LogP contribution in [0.4, 0.5) is 13.2 Å². The van der Waals surface area contributed by atoms with Crippen molar-refractivity contribution >= 4 is 5.91 Å². The molecule has 1 atom stereocenters. The van der Waals surface area contributed by atoms with Crippen LogP contribution in [0.3, 0.4) is 0 Å². The van der Waals surface area contributed by atoms with E-state index >= 15 is 0 Å². The van der Waals surface area contributed by atoms with Crippen LogP contribution in [0.25, 0.3) is 0 Å². The Morgan fingerprint density at radius 1 is 0.800 bits per heavy atom. The zero-order chi connectivity index (χ0) is 25.5. The summed E-state index contributed by atoms with van der Waals surface area (Å²) in [6.45, 7) is 5.39. The van der Waals surface area contributed by atoms with Gasteiger partial charge in [-0.2, -0.15) is 13.2 Å². The first-order valence-corrected chi connectivity index (χ1v) is 13.1. The Bertz CT molecular complexity index is 848. The lowest BCUT2D eigenvalue weighted by atomic mass is 10.0. The van der Waals surface area contributed by atoms with E-state index in [2.05, 4.69) is 17.6 Å². The highest BCUT2D eigenvalue weighted by molar-refractivity contribution is 5.94. The summed E-state index contributed by atoms with van der Waals surface area (Å²) in [5.41, 5.74) is 1.79. The maximum Gasteiger partial charge on any atom is 0.416 e. The predicted molar refractivity (Wildman–Crippen MR) is 137 cm³/mol. The van der Waals surface area contributed by atoms with E-state index in [9.17, 15) is 18.0 Å². The molecule has 2 aromatic carbocycles. The number of unbranched alkanes of at least 4 members (excludes halogenated alkanes) is 9.